The first-order valence-electron chi connectivity index (χ1n) is 17.3. The van der Waals surface area contributed by atoms with Crippen molar-refractivity contribution in [2.45, 2.75) is 71.1 Å². The van der Waals surface area contributed by atoms with E-state index in [-0.39, 0.29) is 10.3 Å². The summed E-state index contributed by atoms with van der Waals surface area (Å²) in [5.74, 6) is 1.11. The largest absolute Gasteiger partial charge is 0.497 e. The Labute approximate surface area is 297 Å². The van der Waals surface area contributed by atoms with Gasteiger partial charge < -0.3 is 9.47 Å². The van der Waals surface area contributed by atoms with Gasteiger partial charge in [-0.1, -0.05) is 90.4 Å². The molecule has 0 aliphatic rings. The van der Waals surface area contributed by atoms with E-state index in [9.17, 15) is 13.2 Å². The predicted octanol–water partition coefficient (Wildman–Crippen LogP) is 9.44. The van der Waals surface area contributed by atoms with Gasteiger partial charge in [-0.3, -0.25) is 8.87 Å². The van der Waals surface area contributed by atoms with Gasteiger partial charge >= 0.3 is 5.97 Å². The van der Waals surface area contributed by atoms with Gasteiger partial charge in [-0.2, -0.15) is 0 Å². The summed E-state index contributed by atoms with van der Waals surface area (Å²) in [4.78, 5) is 18.6. The summed E-state index contributed by atoms with van der Waals surface area (Å²) in [5.41, 5.74) is 5.09. The van der Waals surface area contributed by atoms with Crippen molar-refractivity contribution in [3.8, 4) is 22.6 Å². The molecule has 9 heteroatoms. The Kier molecular flexibility index (Phi) is 11.1. The minimum absolute atomic E-state index is 0.181. The van der Waals surface area contributed by atoms with E-state index in [0.29, 0.717) is 58.5 Å². The number of hydrogen-bond acceptors (Lipinski definition) is 6. The summed E-state index contributed by atoms with van der Waals surface area (Å²) in [6.07, 6.45) is 4.37. The van der Waals surface area contributed by atoms with E-state index in [2.05, 4.69) is 47.6 Å². The maximum absolute atomic E-state index is 14.4. The maximum Gasteiger partial charge on any atom is 0.340 e. The molecule has 5 aromatic rings. The summed E-state index contributed by atoms with van der Waals surface area (Å²) in [7, 11) is -1.02. The lowest BCUT2D eigenvalue weighted by atomic mass is 9.82. The molecule has 0 amide bonds. The topological polar surface area (TPSA) is 90.7 Å². The van der Waals surface area contributed by atoms with Crippen LogP contribution in [0.15, 0.2) is 96.2 Å². The van der Waals surface area contributed by atoms with Crippen LogP contribution < -0.4 is 9.04 Å². The zero-order valence-corrected chi connectivity index (χ0v) is 31.3. The number of fused-ring (bicyclic) bond motifs is 1. The number of aromatic nitrogens is 2. The number of hydrogen-bond donors (Lipinski definition) is 0. The summed E-state index contributed by atoms with van der Waals surface area (Å²) < 4.78 is 42.9. The Morgan fingerprint density at radius 2 is 1.62 bits per heavy atom. The number of methoxy groups -OCH3 is 2. The fraction of sp³-hybridized carbons (Fsp3) is 0.366. The number of anilines is 1. The van der Waals surface area contributed by atoms with Gasteiger partial charge in [-0.05, 0) is 89.2 Å². The number of sulfonamides is 1. The zero-order valence-electron chi connectivity index (χ0n) is 30.4. The van der Waals surface area contributed by atoms with Gasteiger partial charge in [0.05, 0.1) is 47.1 Å². The van der Waals surface area contributed by atoms with E-state index in [1.54, 1.807) is 37.7 Å². The van der Waals surface area contributed by atoms with E-state index in [1.807, 2.05) is 59.2 Å². The van der Waals surface area contributed by atoms with Crippen LogP contribution in [0.25, 0.3) is 27.8 Å². The van der Waals surface area contributed by atoms with Crippen molar-refractivity contribution in [1.82, 2.24) is 9.55 Å². The first-order valence-corrected chi connectivity index (χ1v) is 18.7. The highest BCUT2D eigenvalue weighted by molar-refractivity contribution is 7.92. The van der Waals surface area contributed by atoms with Crippen molar-refractivity contribution in [2.24, 2.45) is 11.8 Å². The van der Waals surface area contributed by atoms with Gasteiger partial charge in [0.25, 0.3) is 10.0 Å². The normalized spacial score (nSPS) is 13.2. The van der Waals surface area contributed by atoms with E-state index in [4.69, 9.17) is 14.5 Å². The molecule has 0 radical (unpaired) electrons. The van der Waals surface area contributed by atoms with Gasteiger partial charge in [0.2, 0.25) is 0 Å². The summed E-state index contributed by atoms with van der Waals surface area (Å²) in [6.45, 7) is 13.3. The quantitative estimate of drug-likeness (QED) is 0.114. The van der Waals surface area contributed by atoms with Gasteiger partial charge in [0.1, 0.15) is 12.1 Å². The highest BCUT2D eigenvalue weighted by Gasteiger charge is 2.30. The van der Waals surface area contributed by atoms with Crippen molar-refractivity contribution in [1.29, 1.82) is 0 Å². The molecule has 0 aliphatic heterocycles. The average molecular weight is 696 g/mol. The van der Waals surface area contributed by atoms with Crippen LogP contribution in [-0.2, 0) is 20.2 Å². The zero-order chi connectivity index (χ0) is 36.2. The number of carbonyl (C=O) groups excluding carboxylic acids is 1. The number of benzene rings is 4. The molecule has 2 atom stereocenters. The standard InChI is InChI=1S/C41H49N3O5S/c1-9-28(2)29(3)14-13-25-44(50(46,47)33-20-18-32(48-7)19-21-33)31-17-24-36-37(26-31)43(27-42-36)39-35(41(4,5)6)23-22-34(38(39)40(45)49-8)30-15-11-10-12-16-30/h10-12,15-24,26-29H,9,13-14,25H2,1-8H3. The number of carbonyl (C=O) groups is 1. The van der Waals surface area contributed by atoms with Crippen LogP contribution in [0.2, 0.25) is 0 Å². The molecule has 1 aromatic heterocycles. The summed E-state index contributed by atoms with van der Waals surface area (Å²) in [5, 5.41) is 0. The van der Waals surface area contributed by atoms with Crippen LogP contribution in [0.5, 0.6) is 5.75 Å². The Morgan fingerprint density at radius 3 is 2.24 bits per heavy atom. The second-order valence-electron chi connectivity index (χ2n) is 14.0. The predicted molar refractivity (Wildman–Crippen MR) is 202 cm³/mol. The molecule has 264 valence electrons. The first kappa shape index (κ1) is 36.6. The van der Waals surface area contributed by atoms with Crippen LogP contribution in [-0.4, -0.2) is 44.7 Å². The SMILES string of the molecule is CCC(C)C(C)CCCN(c1ccc2ncn(-c3c(C(C)(C)C)ccc(-c4ccccc4)c3C(=O)OC)c2c1)S(=O)(=O)c1ccc(OC)cc1. The summed E-state index contributed by atoms with van der Waals surface area (Å²) in [6, 6.07) is 25.8. The molecule has 0 N–H and O–H groups in total. The van der Waals surface area contributed by atoms with Crippen molar-refractivity contribution in [2.75, 3.05) is 25.1 Å². The Bertz CT molecular complexity index is 2050. The number of rotatable bonds is 13. The number of nitrogens with zero attached hydrogens (tertiary/aromatic N) is 3. The average Bonchev–Trinajstić information content (AvgIpc) is 3.54. The lowest BCUT2D eigenvalue weighted by molar-refractivity contribution is 0.0601. The van der Waals surface area contributed by atoms with Crippen molar-refractivity contribution < 1.29 is 22.7 Å². The molecule has 0 saturated carbocycles. The van der Waals surface area contributed by atoms with Gasteiger partial charge in [-0.25, -0.2) is 18.2 Å². The molecule has 0 fully saturated rings. The lowest BCUT2D eigenvalue weighted by Crippen LogP contribution is -2.32. The fourth-order valence-corrected chi connectivity index (χ4v) is 7.94. The molecular weight excluding hydrogens is 647 g/mol. The number of esters is 1. The third kappa shape index (κ3) is 7.43. The Morgan fingerprint density at radius 1 is 0.920 bits per heavy atom. The van der Waals surface area contributed by atoms with Crippen LogP contribution in [0, 0.1) is 11.8 Å². The second kappa shape index (κ2) is 15.1. The van der Waals surface area contributed by atoms with E-state index in [0.717, 1.165) is 29.5 Å². The Balaban J connectivity index is 1.72. The summed E-state index contributed by atoms with van der Waals surface area (Å²) >= 11 is 0. The minimum Gasteiger partial charge on any atom is -0.497 e. The van der Waals surface area contributed by atoms with Crippen LogP contribution in [0.1, 0.15) is 76.7 Å². The highest BCUT2D eigenvalue weighted by atomic mass is 32.2. The molecule has 0 bridgehead atoms. The third-order valence-electron chi connectivity index (χ3n) is 9.80. The van der Waals surface area contributed by atoms with Gasteiger partial charge in [0, 0.05) is 6.54 Å². The van der Waals surface area contributed by atoms with E-state index >= 15 is 0 Å². The monoisotopic (exact) mass is 695 g/mol. The molecule has 8 nitrogen and oxygen atoms in total. The molecule has 0 saturated heterocycles. The first-order chi connectivity index (χ1) is 23.8. The van der Waals surface area contributed by atoms with Crippen LogP contribution in [0.3, 0.4) is 0 Å². The second-order valence-corrected chi connectivity index (χ2v) is 15.9. The molecule has 0 aliphatic carbocycles. The molecule has 4 aromatic carbocycles. The molecule has 50 heavy (non-hydrogen) atoms. The molecular formula is C41H49N3O5S. The van der Waals surface area contributed by atoms with E-state index in [1.165, 1.54) is 11.4 Å². The molecule has 0 spiro atoms. The smallest absolute Gasteiger partial charge is 0.340 e. The van der Waals surface area contributed by atoms with Crippen molar-refractivity contribution in [3.63, 3.8) is 0 Å². The van der Waals surface area contributed by atoms with Crippen LogP contribution >= 0.6 is 0 Å². The van der Waals surface area contributed by atoms with Gasteiger partial charge in [-0.15, -0.1) is 0 Å². The molecule has 1 heterocycles. The third-order valence-corrected chi connectivity index (χ3v) is 11.6. The molecule has 5 rings (SSSR count). The number of ether oxygens (including phenoxy) is 2. The van der Waals surface area contributed by atoms with Crippen molar-refractivity contribution >= 4 is 32.7 Å². The number of imidazole rings is 1. The van der Waals surface area contributed by atoms with Crippen molar-refractivity contribution in [3.05, 3.63) is 102 Å². The maximum atomic E-state index is 14.4. The lowest BCUT2D eigenvalue weighted by Gasteiger charge is -2.28. The highest BCUT2D eigenvalue weighted by Crippen LogP contribution is 2.39. The molecule has 2 unspecified atom stereocenters. The Hall–Kier alpha value is -4.63. The fourth-order valence-electron chi connectivity index (χ4n) is 6.45. The van der Waals surface area contributed by atoms with Gasteiger partial charge in [0.15, 0.2) is 0 Å². The van der Waals surface area contributed by atoms with Crippen LogP contribution in [0.4, 0.5) is 5.69 Å². The van der Waals surface area contributed by atoms with E-state index < -0.39 is 16.0 Å². The minimum atomic E-state index is -3.96.